The van der Waals surface area contributed by atoms with E-state index in [4.69, 9.17) is 5.11 Å². The zero-order valence-corrected chi connectivity index (χ0v) is 10.2. The fourth-order valence-corrected chi connectivity index (χ4v) is 2.65. The van der Waals surface area contributed by atoms with Gasteiger partial charge in [-0.15, -0.1) is 11.3 Å². The fourth-order valence-electron chi connectivity index (χ4n) is 1.70. The van der Waals surface area contributed by atoms with E-state index in [2.05, 4.69) is 5.32 Å². The van der Waals surface area contributed by atoms with Crippen LogP contribution in [-0.2, 0) is 17.8 Å². The van der Waals surface area contributed by atoms with E-state index in [1.165, 1.54) is 11.3 Å². The van der Waals surface area contributed by atoms with Gasteiger partial charge in [0.2, 0.25) is 0 Å². The second kappa shape index (κ2) is 4.55. The van der Waals surface area contributed by atoms with Crippen LogP contribution in [-0.4, -0.2) is 22.8 Å². The minimum Gasteiger partial charge on any atom is -0.481 e. The van der Waals surface area contributed by atoms with Gasteiger partial charge in [-0.2, -0.15) is 13.2 Å². The van der Waals surface area contributed by atoms with Crippen LogP contribution < -0.4 is 5.32 Å². The Morgan fingerprint density at radius 1 is 1.39 bits per heavy atom. The molecule has 1 aromatic rings. The van der Waals surface area contributed by atoms with Crippen LogP contribution in [0.5, 0.6) is 0 Å². The van der Waals surface area contributed by atoms with Gasteiger partial charge in [-0.25, -0.2) is 0 Å². The number of aliphatic carboxylic acids is 1. The molecule has 1 aliphatic rings. The minimum atomic E-state index is -4.21. The van der Waals surface area contributed by atoms with E-state index >= 15 is 0 Å². The molecule has 100 valence electrons. The predicted octanol–water partition coefficient (Wildman–Crippen LogP) is 2.56. The second-order valence-electron chi connectivity index (χ2n) is 4.37. The van der Waals surface area contributed by atoms with Gasteiger partial charge < -0.3 is 5.11 Å². The van der Waals surface area contributed by atoms with Crippen molar-refractivity contribution in [3.8, 4) is 0 Å². The summed E-state index contributed by atoms with van der Waals surface area (Å²) < 4.78 is 37.9. The Bertz CT molecular complexity index is 451. The topological polar surface area (TPSA) is 49.3 Å². The van der Waals surface area contributed by atoms with Gasteiger partial charge in [0.1, 0.15) is 5.54 Å². The van der Waals surface area contributed by atoms with Gasteiger partial charge in [0, 0.05) is 16.3 Å². The molecule has 1 fully saturated rings. The average Bonchev–Trinajstić information content (AvgIpc) is 2.92. The third kappa shape index (κ3) is 2.84. The van der Waals surface area contributed by atoms with E-state index < -0.39 is 17.7 Å². The lowest BCUT2D eigenvalue weighted by molar-refractivity contribution is -0.166. The van der Waals surface area contributed by atoms with Crippen LogP contribution in [0, 0.1) is 0 Å². The molecule has 0 saturated heterocycles. The minimum absolute atomic E-state index is 0.0882. The van der Waals surface area contributed by atoms with Crippen molar-refractivity contribution in [2.45, 2.75) is 37.5 Å². The molecule has 1 aliphatic carbocycles. The summed E-state index contributed by atoms with van der Waals surface area (Å²) in [6, 6.07) is 3.31. The lowest BCUT2D eigenvalue weighted by atomic mass is 10.2. The molecule has 1 saturated carbocycles. The van der Waals surface area contributed by atoms with Crippen LogP contribution in [0.3, 0.4) is 0 Å². The van der Waals surface area contributed by atoms with Crippen molar-refractivity contribution in [3.05, 3.63) is 21.9 Å². The lowest BCUT2D eigenvalue weighted by Crippen LogP contribution is -2.44. The van der Waals surface area contributed by atoms with Gasteiger partial charge >= 0.3 is 12.1 Å². The van der Waals surface area contributed by atoms with Crippen molar-refractivity contribution in [3.63, 3.8) is 0 Å². The van der Waals surface area contributed by atoms with Gasteiger partial charge in [-0.3, -0.25) is 10.1 Å². The molecule has 3 nitrogen and oxygen atoms in total. The molecule has 0 radical (unpaired) electrons. The summed E-state index contributed by atoms with van der Waals surface area (Å²) in [5, 5.41) is 11.1. The number of carbonyl (C=O) groups is 1. The van der Waals surface area contributed by atoms with Gasteiger partial charge in [0.25, 0.3) is 0 Å². The van der Waals surface area contributed by atoms with Crippen LogP contribution in [0.15, 0.2) is 12.1 Å². The van der Waals surface area contributed by atoms with E-state index in [1.54, 1.807) is 12.1 Å². The van der Waals surface area contributed by atoms with Crippen LogP contribution in [0.4, 0.5) is 13.2 Å². The maximum Gasteiger partial charge on any atom is 0.406 e. The Kier molecular flexibility index (Phi) is 3.37. The van der Waals surface area contributed by atoms with E-state index in [0.29, 0.717) is 4.88 Å². The van der Waals surface area contributed by atoms with Crippen molar-refractivity contribution >= 4 is 17.3 Å². The number of halogens is 3. The first-order valence-corrected chi connectivity index (χ1v) is 6.25. The van der Waals surface area contributed by atoms with Crippen LogP contribution in [0.2, 0.25) is 0 Å². The summed E-state index contributed by atoms with van der Waals surface area (Å²) in [7, 11) is 0. The number of hydrogen-bond donors (Lipinski definition) is 2. The van der Waals surface area contributed by atoms with Crippen LogP contribution in [0.1, 0.15) is 22.6 Å². The SMILES string of the molecule is O=C(O)Cc1ccc(CNC2(C(F)(F)F)CC2)s1. The molecule has 2 N–H and O–H groups in total. The quantitative estimate of drug-likeness (QED) is 0.871. The summed E-state index contributed by atoms with van der Waals surface area (Å²) in [6.07, 6.45) is -4.07. The van der Waals surface area contributed by atoms with Crippen molar-refractivity contribution in [2.75, 3.05) is 0 Å². The van der Waals surface area contributed by atoms with Crippen molar-refractivity contribution < 1.29 is 23.1 Å². The van der Waals surface area contributed by atoms with Crippen molar-refractivity contribution in [1.29, 1.82) is 0 Å². The van der Waals surface area contributed by atoms with E-state index in [-0.39, 0.29) is 25.8 Å². The third-order valence-electron chi connectivity index (χ3n) is 2.94. The van der Waals surface area contributed by atoms with Crippen LogP contribution >= 0.6 is 11.3 Å². The largest absolute Gasteiger partial charge is 0.481 e. The number of carboxylic acids is 1. The van der Waals surface area contributed by atoms with Gasteiger partial charge in [0.15, 0.2) is 0 Å². The molecular formula is C11H12F3NO2S. The molecule has 1 aromatic heterocycles. The Balaban J connectivity index is 1.91. The Morgan fingerprint density at radius 2 is 2.00 bits per heavy atom. The molecule has 0 bridgehead atoms. The highest BCUT2D eigenvalue weighted by molar-refractivity contribution is 7.12. The molecule has 0 spiro atoms. The third-order valence-corrected chi connectivity index (χ3v) is 4.02. The first-order valence-electron chi connectivity index (χ1n) is 5.43. The number of carboxylic acid groups (broad SMARTS) is 1. The standard InChI is InChI=1S/C11H12F3NO2S/c12-11(13,14)10(3-4-10)15-6-8-2-1-7(18-8)5-9(16)17/h1-2,15H,3-6H2,(H,16,17). The highest BCUT2D eigenvalue weighted by Crippen LogP contribution is 2.49. The molecule has 2 rings (SSSR count). The Hall–Kier alpha value is -1.08. The normalized spacial score (nSPS) is 17.7. The summed E-state index contributed by atoms with van der Waals surface area (Å²) in [5.74, 6) is -0.940. The van der Waals surface area contributed by atoms with E-state index in [9.17, 15) is 18.0 Å². The summed E-state index contributed by atoms with van der Waals surface area (Å²) in [4.78, 5) is 11.9. The molecule has 7 heteroatoms. The summed E-state index contributed by atoms with van der Waals surface area (Å²) in [6.45, 7) is 0.129. The first kappa shape index (κ1) is 13.4. The van der Waals surface area contributed by atoms with Crippen molar-refractivity contribution in [2.24, 2.45) is 0 Å². The molecule has 18 heavy (non-hydrogen) atoms. The highest BCUT2D eigenvalue weighted by Gasteiger charge is 2.62. The van der Waals surface area contributed by atoms with E-state index in [1.807, 2.05) is 0 Å². The zero-order valence-electron chi connectivity index (χ0n) is 9.38. The molecule has 0 unspecified atom stereocenters. The zero-order chi connectivity index (χ0) is 13.4. The second-order valence-corrected chi connectivity index (χ2v) is 5.62. The average molecular weight is 279 g/mol. The fraction of sp³-hybridized carbons (Fsp3) is 0.545. The van der Waals surface area contributed by atoms with Gasteiger partial charge in [-0.05, 0) is 25.0 Å². The summed E-state index contributed by atoms with van der Waals surface area (Å²) in [5.41, 5.74) is -1.72. The maximum absolute atomic E-state index is 12.6. The van der Waals surface area contributed by atoms with Crippen LogP contribution in [0.25, 0.3) is 0 Å². The molecular weight excluding hydrogens is 267 g/mol. The van der Waals surface area contributed by atoms with Crippen molar-refractivity contribution in [1.82, 2.24) is 5.32 Å². The number of nitrogens with one attached hydrogen (secondary N) is 1. The maximum atomic E-state index is 12.6. The number of rotatable bonds is 5. The smallest absolute Gasteiger partial charge is 0.406 e. The predicted molar refractivity (Wildman–Crippen MR) is 60.5 cm³/mol. The van der Waals surface area contributed by atoms with Gasteiger partial charge in [-0.1, -0.05) is 0 Å². The first-order chi connectivity index (χ1) is 8.32. The number of thiophene rings is 1. The van der Waals surface area contributed by atoms with Gasteiger partial charge in [0.05, 0.1) is 6.42 Å². The molecule has 0 atom stereocenters. The molecule has 1 heterocycles. The monoisotopic (exact) mass is 279 g/mol. The molecule has 0 amide bonds. The Morgan fingerprint density at radius 3 is 2.50 bits per heavy atom. The molecule has 0 aromatic carbocycles. The van der Waals surface area contributed by atoms with E-state index in [0.717, 1.165) is 4.88 Å². The number of alkyl halides is 3. The molecule has 0 aliphatic heterocycles. The summed E-state index contributed by atoms with van der Waals surface area (Å²) >= 11 is 1.23. The highest BCUT2D eigenvalue weighted by atomic mass is 32.1. The Labute approximate surface area is 106 Å². The number of hydrogen-bond acceptors (Lipinski definition) is 3. The lowest BCUT2D eigenvalue weighted by Gasteiger charge is -2.20.